The molecule has 0 bridgehead atoms. The van der Waals surface area contributed by atoms with Gasteiger partial charge in [-0.15, -0.1) is 0 Å². The number of carbonyl (C=O) groups excluding carboxylic acids is 1. The summed E-state index contributed by atoms with van der Waals surface area (Å²) in [4.78, 5) is 12.3. The maximum atomic E-state index is 12.8. The largest absolute Gasteiger partial charge is 0.398 e. The zero-order chi connectivity index (χ0) is 15.4. The molecule has 3 N–H and O–H groups in total. The van der Waals surface area contributed by atoms with E-state index in [1.807, 2.05) is 13.0 Å². The van der Waals surface area contributed by atoms with Crippen molar-refractivity contribution in [2.45, 2.75) is 11.8 Å². The minimum absolute atomic E-state index is 0.203. The molecule has 110 valence electrons. The fraction of sp³-hybridized carbons (Fsp3) is 0.133. The molecule has 1 unspecified atom stereocenters. The Kier molecular flexibility index (Phi) is 4.70. The molecule has 0 heterocycles. The van der Waals surface area contributed by atoms with Crippen LogP contribution in [-0.4, -0.2) is 15.9 Å². The van der Waals surface area contributed by atoms with Gasteiger partial charge in [0.1, 0.15) is 11.6 Å². The lowest BCUT2D eigenvalue weighted by atomic mass is 10.2. The standard InChI is InChI=1S/C15H15FN2O2S/c1-10-3-2-4-13(15(10)17)21(20)9-14(19)18-12-7-5-11(16)6-8-12/h2-8H,9,17H2,1H3,(H,18,19). The van der Waals surface area contributed by atoms with Gasteiger partial charge in [0.2, 0.25) is 5.91 Å². The number of rotatable bonds is 4. The monoisotopic (exact) mass is 306 g/mol. The quantitative estimate of drug-likeness (QED) is 0.852. The Hall–Kier alpha value is -2.21. The van der Waals surface area contributed by atoms with Crippen molar-refractivity contribution in [1.29, 1.82) is 0 Å². The molecule has 0 aliphatic rings. The van der Waals surface area contributed by atoms with Crippen molar-refractivity contribution in [3.63, 3.8) is 0 Å². The molecule has 0 fully saturated rings. The zero-order valence-electron chi connectivity index (χ0n) is 11.4. The van der Waals surface area contributed by atoms with E-state index in [0.717, 1.165) is 5.56 Å². The van der Waals surface area contributed by atoms with Gasteiger partial charge in [-0.25, -0.2) is 4.39 Å². The first-order chi connectivity index (χ1) is 9.97. The summed E-state index contributed by atoms with van der Waals surface area (Å²) in [6, 6.07) is 10.6. The van der Waals surface area contributed by atoms with E-state index in [-0.39, 0.29) is 11.6 Å². The molecular weight excluding hydrogens is 291 g/mol. The van der Waals surface area contributed by atoms with Gasteiger partial charge in [-0.3, -0.25) is 9.00 Å². The average Bonchev–Trinajstić information content (AvgIpc) is 2.44. The summed E-state index contributed by atoms with van der Waals surface area (Å²) in [7, 11) is -1.52. The topological polar surface area (TPSA) is 72.2 Å². The normalized spacial score (nSPS) is 11.9. The van der Waals surface area contributed by atoms with Crippen molar-refractivity contribution in [3.05, 3.63) is 53.8 Å². The fourth-order valence-electron chi connectivity index (χ4n) is 1.78. The molecule has 0 spiro atoms. The summed E-state index contributed by atoms with van der Waals surface area (Å²) in [5.74, 6) is -1.00. The maximum Gasteiger partial charge on any atom is 0.237 e. The van der Waals surface area contributed by atoms with Crippen LogP contribution >= 0.6 is 0 Å². The molecule has 2 aromatic carbocycles. The first kappa shape index (κ1) is 15.2. The van der Waals surface area contributed by atoms with Gasteiger partial charge in [-0.1, -0.05) is 12.1 Å². The molecule has 2 rings (SSSR count). The lowest BCUT2D eigenvalue weighted by Crippen LogP contribution is -2.20. The van der Waals surface area contributed by atoms with E-state index in [0.29, 0.717) is 16.3 Å². The maximum absolute atomic E-state index is 12.8. The number of amides is 1. The smallest absolute Gasteiger partial charge is 0.237 e. The second-order valence-corrected chi connectivity index (χ2v) is 5.95. The number of halogens is 1. The highest BCUT2D eigenvalue weighted by Crippen LogP contribution is 2.20. The van der Waals surface area contributed by atoms with Gasteiger partial charge in [0.05, 0.1) is 21.4 Å². The van der Waals surface area contributed by atoms with Crippen molar-refractivity contribution in [3.8, 4) is 0 Å². The highest BCUT2D eigenvalue weighted by atomic mass is 32.2. The van der Waals surface area contributed by atoms with E-state index in [1.54, 1.807) is 12.1 Å². The molecular formula is C15H15FN2O2S. The Morgan fingerprint density at radius 3 is 2.57 bits per heavy atom. The minimum atomic E-state index is -1.52. The highest BCUT2D eigenvalue weighted by molar-refractivity contribution is 7.86. The Bertz CT molecular complexity index is 687. The third-order valence-electron chi connectivity index (χ3n) is 2.92. The molecule has 0 aliphatic heterocycles. The molecule has 2 aromatic rings. The minimum Gasteiger partial charge on any atom is -0.398 e. The third kappa shape index (κ3) is 3.88. The number of nitrogen functional groups attached to an aromatic ring is 1. The summed E-state index contributed by atoms with van der Waals surface area (Å²) >= 11 is 0. The molecule has 0 aliphatic carbocycles. The summed E-state index contributed by atoms with van der Waals surface area (Å²) in [6.07, 6.45) is 0. The van der Waals surface area contributed by atoms with Crippen LogP contribution < -0.4 is 11.1 Å². The van der Waals surface area contributed by atoms with Gasteiger partial charge in [-0.2, -0.15) is 0 Å². The molecule has 1 atom stereocenters. The third-order valence-corrected chi connectivity index (χ3v) is 4.29. The Balaban J connectivity index is 2.04. The first-order valence-corrected chi connectivity index (χ1v) is 7.58. The van der Waals surface area contributed by atoms with E-state index >= 15 is 0 Å². The SMILES string of the molecule is Cc1cccc(S(=O)CC(=O)Nc2ccc(F)cc2)c1N. The van der Waals surface area contributed by atoms with Gasteiger partial charge >= 0.3 is 0 Å². The number of anilines is 2. The predicted octanol–water partition coefficient (Wildman–Crippen LogP) is 2.46. The van der Waals surface area contributed by atoms with Crippen molar-refractivity contribution < 1.29 is 13.4 Å². The molecule has 0 aromatic heterocycles. The van der Waals surface area contributed by atoms with Gasteiger partial charge in [0.15, 0.2) is 0 Å². The zero-order valence-corrected chi connectivity index (χ0v) is 12.2. The van der Waals surface area contributed by atoms with Crippen LogP contribution in [0.3, 0.4) is 0 Å². The van der Waals surface area contributed by atoms with Crippen LogP contribution in [0.15, 0.2) is 47.4 Å². The number of nitrogens with two attached hydrogens (primary N) is 1. The predicted molar refractivity (Wildman–Crippen MR) is 81.9 cm³/mol. The van der Waals surface area contributed by atoms with Gasteiger partial charge in [0.25, 0.3) is 0 Å². The highest BCUT2D eigenvalue weighted by Gasteiger charge is 2.14. The van der Waals surface area contributed by atoms with Gasteiger partial charge in [-0.05, 0) is 42.8 Å². The Morgan fingerprint density at radius 2 is 1.90 bits per heavy atom. The fourth-order valence-corrected chi connectivity index (χ4v) is 2.88. The lowest BCUT2D eigenvalue weighted by Gasteiger charge is -2.08. The second kappa shape index (κ2) is 6.49. The van der Waals surface area contributed by atoms with Crippen LogP contribution in [-0.2, 0) is 15.6 Å². The molecule has 0 saturated carbocycles. The summed E-state index contributed by atoms with van der Waals surface area (Å²) in [6.45, 7) is 1.81. The number of benzene rings is 2. The molecule has 0 radical (unpaired) electrons. The van der Waals surface area contributed by atoms with E-state index in [1.165, 1.54) is 24.3 Å². The number of hydrogen-bond donors (Lipinski definition) is 2. The summed E-state index contributed by atoms with van der Waals surface area (Å²) in [5.41, 5.74) is 7.57. The van der Waals surface area contributed by atoms with Gasteiger partial charge in [0, 0.05) is 5.69 Å². The van der Waals surface area contributed by atoms with E-state index < -0.39 is 16.7 Å². The summed E-state index contributed by atoms with van der Waals surface area (Å²) < 4.78 is 24.9. The van der Waals surface area contributed by atoms with Crippen molar-refractivity contribution in [2.24, 2.45) is 0 Å². The van der Waals surface area contributed by atoms with Crippen LogP contribution in [0.4, 0.5) is 15.8 Å². The van der Waals surface area contributed by atoms with E-state index in [9.17, 15) is 13.4 Å². The number of para-hydroxylation sites is 1. The number of hydrogen-bond acceptors (Lipinski definition) is 3. The van der Waals surface area contributed by atoms with Crippen LogP contribution in [0.2, 0.25) is 0 Å². The van der Waals surface area contributed by atoms with E-state index in [4.69, 9.17) is 5.73 Å². The molecule has 21 heavy (non-hydrogen) atoms. The van der Waals surface area contributed by atoms with Gasteiger partial charge < -0.3 is 11.1 Å². The number of carbonyl (C=O) groups is 1. The Morgan fingerprint density at radius 1 is 1.24 bits per heavy atom. The van der Waals surface area contributed by atoms with Crippen molar-refractivity contribution >= 4 is 28.1 Å². The molecule has 0 saturated heterocycles. The average molecular weight is 306 g/mol. The van der Waals surface area contributed by atoms with Crippen LogP contribution in [0.1, 0.15) is 5.56 Å². The second-order valence-electron chi connectivity index (χ2n) is 4.53. The number of nitrogens with one attached hydrogen (secondary N) is 1. The molecule has 4 nitrogen and oxygen atoms in total. The molecule has 6 heteroatoms. The van der Waals surface area contributed by atoms with Crippen LogP contribution in [0.5, 0.6) is 0 Å². The van der Waals surface area contributed by atoms with E-state index in [2.05, 4.69) is 5.32 Å². The molecule has 1 amide bonds. The van der Waals surface area contributed by atoms with Crippen LogP contribution in [0.25, 0.3) is 0 Å². The van der Waals surface area contributed by atoms with Crippen molar-refractivity contribution in [1.82, 2.24) is 0 Å². The Labute approximate surface area is 124 Å². The number of aryl methyl sites for hydroxylation is 1. The first-order valence-electron chi connectivity index (χ1n) is 6.26. The van der Waals surface area contributed by atoms with Crippen molar-refractivity contribution in [2.75, 3.05) is 16.8 Å². The lowest BCUT2D eigenvalue weighted by molar-refractivity contribution is -0.113. The summed E-state index contributed by atoms with van der Waals surface area (Å²) in [5, 5.41) is 2.56. The van der Waals surface area contributed by atoms with Crippen LogP contribution in [0, 0.1) is 12.7 Å².